The van der Waals surface area contributed by atoms with Crippen LogP contribution in [0.2, 0.25) is 0 Å². The zero-order valence-electron chi connectivity index (χ0n) is 21.1. The minimum atomic E-state index is -0.646. The Bertz CT molecular complexity index is 1260. The van der Waals surface area contributed by atoms with Gasteiger partial charge in [-0.1, -0.05) is 12.1 Å². The molecule has 0 bridgehead atoms. The highest BCUT2D eigenvalue weighted by Gasteiger charge is 2.41. The monoisotopic (exact) mass is 493 g/mol. The van der Waals surface area contributed by atoms with Gasteiger partial charge in [-0.3, -0.25) is 4.79 Å². The van der Waals surface area contributed by atoms with E-state index in [2.05, 4.69) is 5.32 Å². The number of methoxy groups -OCH3 is 3. The molecule has 0 radical (unpaired) electrons. The van der Waals surface area contributed by atoms with Gasteiger partial charge in [-0.2, -0.15) is 0 Å². The maximum atomic E-state index is 13.7. The van der Waals surface area contributed by atoms with Crippen molar-refractivity contribution in [2.75, 3.05) is 27.9 Å². The summed E-state index contributed by atoms with van der Waals surface area (Å²) < 4.78 is 21.5. The predicted molar refractivity (Wildman–Crippen MR) is 133 cm³/mol. The molecule has 2 N–H and O–H groups in total. The Morgan fingerprint density at radius 1 is 1.00 bits per heavy atom. The van der Waals surface area contributed by atoms with E-state index in [0.29, 0.717) is 52.7 Å². The fourth-order valence-corrected chi connectivity index (χ4v) is 5.08. The fraction of sp³-hybridized carbons (Fsp3) is 0.357. The standard InChI is InChI=1S/C28H31NO7/c1-6-36-23-14-17(7-9-20(23)30)26-25(28(32)35-5)15(2)29-19-11-18(12-21(31)27(19)26)16-8-10-22(33-3)24(13-16)34-4/h7-10,13-14,18,26,29-30H,6,11-12H2,1-5H3. The molecule has 1 aliphatic heterocycles. The lowest BCUT2D eigenvalue weighted by Crippen LogP contribution is -2.36. The van der Waals surface area contributed by atoms with Crippen molar-refractivity contribution in [2.24, 2.45) is 0 Å². The smallest absolute Gasteiger partial charge is 0.336 e. The number of rotatable bonds is 7. The van der Waals surface area contributed by atoms with Crippen molar-refractivity contribution >= 4 is 11.8 Å². The van der Waals surface area contributed by atoms with Crippen LogP contribution in [0.15, 0.2) is 58.9 Å². The van der Waals surface area contributed by atoms with Crippen molar-refractivity contribution in [2.45, 2.75) is 38.5 Å². The second kappa shape index (κ2) is 10.4. The zero-order chi connectivity index (χ0) is 26.0. The van der Waals surface area contributed by atoms with Gasteiger partial charge >= 0.3 is 5.97 Å². The Morgan fingerprint density at radius 2 is 1.69 bits per heavy atom. The minimum Gasteiger partial charge on any atom is -0.504 e. The zero-order valence-corrected chi connectivity index (χ0v) is 21.1. The summed E-state index contributed by atoms with van der Waals surface area (Å²) in [6.07, 6.45) is 0.853. The third-order valence-corrected chi connectivity index (χ3v) is 6.73. The average molecular weight is 494 g/mol. The Labute approximate surface area is 210 Å². The number of aromatic hydroxyl groups is 1. The van der Waals surface area contributed by atoms with Crippen LogP contribution in [-0.2, 0) is 14.3 Å². The minimum absolute atomic E-state index is 0.00690. The number of carbonyl (C=O) groups is 2. The lowest BCUT2D eigenvalue weighted by Gasteiger charge is -2.36. The number of phenolic OH excluding ortho intramolecular Hbond substituents is 1. The van der Waals surface area contributed by atoms with Crippen LogP contribution in [0, 0.1) is 0 Å². The summed E-state index contributed by atoms with van der Waals surface area (Å²) in [5.74, 6) is 0.219. The number of allylic oxidation sites excluding steroid dienone is 3. The number of dihydropyridines is 1. The second-order valence-electron chi connectivity index (χ2n) is 8.78. The summed E-state index contributed by atoms with van der Waals surface area (Å²) in [6, 6.07) is 10.6. The molecule has 2 unspecified atom stereocenters. The van der Waals surface area contributed by atoms with Crippen molar-refractivity contribution in [1.29, 1.82) is 0 Å². The highest BCUT2D eigenvalue weighted by atomic mass is 16.5. The molecule has 0 fully saturated rings. The molecular weight excluding hydrogens is 462 g/mol. The summed E-state index contributed by atoms with van der Waals surface area (Å²) in [6.45, 7) is 3.99. The van der Waals surface area contributed by atoms with Crippen molar-refractivity contribution in [1.82, 2.24) is 5.32 Å². The van der Waals surface area contributed by atoms with Gasteiger partial charge in [0.2, 0.25) is 0 Å². The molecule has 190 valence electrons. The molecule has 0 saturated heterocycles. The van der Waals surface area contributed by atoms with Crippen LogP contribution < -0.4 is 19.5 Å². The summed E-state index contributed by atoms with van der Waals surface area (Å²) >= 11 is 0. The molecule has 1 aliphatic carbocycles. The molecule has 8 heteroatoms. The molecule has 0 amide bonds. The number of carbonyl (C=O) groups excluding carboxylic acids is 2. The van der Waals surface area contributed by atoms with E-state index in [1.807, 2.05) is 25.1 Å². The maximum absolute atomic E-state index is 13.7. The van der Waals surface area contributed by atoms with Gasteiger partial charge in [-0.15, -0.1) is 0 Å². The Kier molecular flexibility index (Phi) is 7.24. The third kappa shape index (κ3) is 4.51. The molecule has 8 nitrogen and oxygen atoms in total. The van der Waals surface area contributed by atoms with E-state index in [4.69, 9.17) is 18.9 Å². The molecule has 2 atom stereocenters. The molecule has 1 heterocycles. The number of phenols is 1. The first kappa shape index (κ1) is 25.2. The van der Waals surface area contributed by atoms with Crippen LogP contribution in [0.3, 0.4) is 0 Å². The molecule has 0 aromatic heterocycles. The second-order valence-corrected chi connectivity index (χ2v) is 8.78. The number of ketones is 1. The summed E-state index contributed by atoms with van der Waals surface area (Å²) in [7, 11) is 4.49. The van der Waals surface area contributed by atoms with Gasteiger partial charge in [-0.05, 0) is 61.6 Å². The van der Waals surface area contributed by atoms with Gasteiger partial charge in [-0.25, -0.2) is 4.79 Å². The highest BCUT2D eigenvalue weighted by Crippen LogP contribution is 2.47. The van der Waals surface area contributed by atoms with Crippen LogP contribution in [0.5, 0.6) is 23.0 Å². The van der Waals surface area contributed by atoms with E-state index in [1.54, 1.807) is 33.3 Å². The first-order valence-electron chi connectivity index (χ1n) is 11.8. The number of benzene rings is 2. The normalized spacial score (nSPS) is 19.4. The third-order valence-electron chi connectivity index (χ3n) is 6.73. The van der Waals surface area contributed by atoms with Crippen molar-refractivity contribution in [3.63, 3.8) is 0 Å². The van der Waals surface area contributed by atoms with Gasteiger partial charge < -0.3 is 29.4 Å². The Balaban J connectivity index is 1.80. The number of nitrogens with one attached hydrogen (secondary N) is 1. The van der Waals surface area contributed by atoms with Gasteiger partial charge in [0.25, 0.3) is 0 Å². The fourth-order valence-electron chi connectivity index (χ4n) is 5.08. The first-order chi connectivity index (χ1) is 17.3. The largest absolute Gasteiger partial charge is 0.504 e. The van der Waals surface area contributed by atoms with E-state index < -0.39 is 11.9 Å². The SMILES string of the molecule is CCOc1cc(C2C(C(=O)OC)=C(C)NC3=C2C(=O)CC(c2ccc(OC)c(OC)c2)C3)ccc1O. The molecule has 36 heavy (non-hydrogen) atoms. The Morgan fingerprint density at radius 3 is 2.36 bits per heavy atom. The topological polar surface area (TPSA) is 103 Å². The lowest BCUT2D eigenvalue weighted by atomic mass is 9.71. The van der Waals surface area contributed by atoms with Crippen LogP contribution in [-0.4, -0.2) is 44.8 Å². The number of hydrogen-bond donors (Lipinski definition) is 2. The average Bonchev–Trinajstić information content (AvgIpc) is 2.88. The molecule has 4 rings (SSSR count). The van der Waals surface area contributed by atoms with Crippen molar-refractivity contribution < 1.29 is 33.6 Å². The summed E-state index contributed by atoms with van der Waals surface area (Å²) in [5.41, 5.74) is 3.93. The molecule has 0 saturated carbocycles. The molecule has 2 aromatic carbocycles. The number of Topliss-reactive ketones (excluding diaryl/α,β-unsaturated/α-hetero) is 1. The summed E-state index contributed by atoms with van der Waals surface area (Å²) in [5, 5.41) is 13.5. The molecule has 0 spiro atoms. The van der Waals surface area contributed by atoms with E-state index >= 15 is 0 Å². The van der Waals surface area contributed by atoms with Crippen LogP contribution in [0.1, 0.15) is 49.7 Å². The highest BCUT2D eigenvalue weighted by molar-refractivity contribution is 6.04. The molecular formula is C28H31NO7. The van der Waals surface area contributed by atoms with Gasteiger partial charge in [0.15, 0.2) is 28.8 Å². The van der Waals surface area contributed by atoms with Crippen LogP contribution >= 0.6 is 0 Å². The lowest BCUT2D eigenvalue weighted by molar-refractivity contribution is -0.136. The quantitative estimate of drug-likeness (QED) is 0.549. The predicted octanol–water partition coefficient (Wildman–Crippen LogP) is 4.34. The summed E-state index contributed by atoms with van der Waals surface area (Å²) in [4.78, 5) is 26.6. The van der Waals surface area contributed by atoms with Crippen LogP contribution in [0.4, 0.5) is 0 Å². The van der Waals surface area contributed by atoms with Crippen LogP contribution in [0.25, 0.3) is 0 Å². The van der Waals surface area contributed by atoms with E-state index in [-0.39, 0.29) is 23.9 Å². The first-order valence-corrected chi connectivity index (χ1v) is 11.8. The maximum Gasteiger partial charge on any atom is 0.336 e. The molecule has 2 aromatic rings. The van der Waals surface area contributed by atoms with E-state index in [9.17, 15) is 14.7 Å². The number of hydrogen-bond acceptors (Lipinski definition) is 8. The van der Waals surface area contributed by atoms with E-state index in [0.717, 1.165) is 11.3 Å². The van der Waals surface area contributed by atoms with Crippen molar-refractivity contribution in [3.8, 4) is 23.0 Å². The molecule has 2 aliphatic rings. The Hall–Kier alpha value is -3.94. The van der Waals surface area contributed by atoms with Gasteiger partial charge in [0, 0.05) is 29.3 Å². The number of ether oxygens (including phenoxy) is 4. The number of esters is 1. The van der Waals surface area contributed by atoms with E-state index in [1.165, 1.54) is 13.2 Å². The van der Waals surface area contributed by atoms with Gasteiger partial charge in [0.05, 0.1) is 33.5 Å². The van der Waals surface area contributed by atoms with Gasteiger partial charge in [0.1, 0.15) is 0 Å². The van der Waals surface area contributed by atoms with Crippen molar-refractivity contribution in [3.05, 3.63) is 70.1 Å².